The molecular weight excluding hydrogens is 441 g/mol. The van der Waals surface area contributed by atoms with Crippen molar-refractivity contribution in [1.82, 2.24) is 10.7 Å². The minimum Gasteiger partial charge on any atom is -0.504 e. The molecule has 9 heteroatoms. The molecule has 136 valence electrons. The number of rotatable bonds is 6. The van der Waals surface area contributed by atoms with Gasteiger partial charge in [-0.1, -0.05) is 0 Å². The molecule has 1 aliphatic heterocycles. The van der Waals surface area contributed by atoms with E-state index in [9.17, 15) is 14.7 Å². The number of phenolic OH excluding ortho intramolecular Hbond substituents is 1. The Morgan fingerprint density at radius 1 is 1.48 bits per heavy atom. The van der Waals surface area contributed by atoms with Crippen molar-refractivity contribution in [2.45, 2.75) is 25.9 Å². The maximum absolute atomic E-state index is 11.7. The number of hydrazone groups is 1. The quantitative estimate of drug-likeness (QED) is 0.255. The molecule has 1 aromatic rings. The van der Waals surface area contributed by atoms with E-state index in [0.717, 1.165) is 12.8 Å². The number of benzene rings is 1. The number of nitrogens with zero attached hydrogens (tertiary/aromatic N) is 1. The molecule has 3 N–H and O–H groups in total. The summed E-state index contributed by atoms with van der Waals surface area (Å²) < 4.78 is 11.3. The van der Waals surface area contributed by atoms with Crippen molar-refractivity contribution in [3.05, 3.63) is 21.3 Å². The standard InChI is InChI=1S/C16H20IN3O5/c1-2-24-13-7-10(6-12(17)14(13)21)8-19-20-16(23)15(22)18-9-11-4-3-5-25-11/h6-8,11,21H,2-5,9H2,1H3,(H,18,22)(H,20,23)/b19-8-/t11-/m0/s1. The smallest absolute Gasteiger partial charge is 0.329 e. The van der Waals surface area contributed by atoms with E-state index in [1.54, 1.807) is 12.1 Å². The first-order chi connectivity index (χ1) is 12.0. The van der Waals surface area contributed by atoms with Crippen LogP contribution in [-0.2, 0) is 14.3 Å². The van der Waals surface area contributed by atoms with E-state index in [0.29, 0.717) is 34.6 Å². The van der Waals surface area contributed by atoms with Crippen LogP contribution in [0.3, 0.4) is 0 Å². The second kappa shape index (κ2) is 9.56. The fraction of sp³-hybridized carbons (Fsp3) is 0.438. The van der Waals surface area contributed by atoms with Crippen LogP contribution < -0.4 is 15.5 Å². The number of carbonyl (C=O) groups is 2. The third kappa shape index (κ3) is 5.85. The second-order valence-electron chi connectivity index (χ2n) is 5.33. The van der Waals surface area contributed by atoms with Gasteiger partial charge >= 0.3 is 11.8 Å². The molecule has 1 atom stereocenters. The van der Waals surface area contributed by atoms with Gasteiger partial charge in [-0.2, -0.15) is 5.10 Å². The number of carbonyl (C=O) groups excluding carboxylic acids is 2. The Bertz CT molecular complexity index is 659. The topological polar surface area (TPSA) is 109 Å². The van der Waals surface area contributed by atoms with Gasteiger partial charge in [-0.05, 0) is 60.1 Å². The Balaban J connectivity index is 1.86. The Labute approximate surface area is 159 Å². The van der Waals surface area contributed by atoms with Crippen LogP contribution in [0.1, 0.15) is 25.3 Å². The lowest BCUT2D eigenvalue weighted by Crippen LogP contribution is -2.41. The van der Waals surface area contributed by atoms with Crippen LogP contribution in [0.5, 0.6) is 11.5 Å². The fourth-order valence-corrected chi connectivity index (χ4v) is 2.87. The van der Waals surface area contributed by atoms with Crippen LogP contribution in [-0.4, -0.2) is 49.0 Å². The zero-order valence-corrected chi connectivity index (χ0v) is 15.9. The van der Waals surface area contributed by atoms with Crippen LogP contribution in [0.15, 0.2) is 17.2 Å². The van der Waals surface area contributed by atoms with Crippen LogP contribution in [0.25, 0.3) is 0 Å². The van der Waals surface area contributed by atoms with Gasteiger partial charge in [0.15, 0.2) is 11.5 Å². The second-order valence-corrected chi connectivity index (χ2v) is 6.49. The van der Waals surface area contributed by atoms with Crippen molar-refractivity contribution >= 4 is 40.6 Å². The minimum absolute atomic E-state index is 0.0312. The summed E-state index contributed by atoms with van der Waals surface area (Å²) in [5.41, 5.74) is 2.78. The van der Waals surface area contributed by atoms with Gasteiger partial charge in [0.25, 0.3) is 0 Å². The van der Waals surface area contributed by atoms with Crippen molar-refractivity contribution < 1.29 is 24.2 Å². The summed E-state index contributed by atoms with van der Waals surface area (Å²) in [6.45, 7) is 3.21. The molecular formula is C16H20IN3O5. The van der Waals surface area contributed by atoms with Gasteiger partial charge in [0.2, 0.25) is 0 Å². The largest absolute Gasteiger partial charge is 0.504 e. The van der Waals surface area contributed by atoms with Crippen molar-refractivity contribution in [1.29, 1.82) is 0 Å². The SMILES string of the molecule is CCOc1cc(/C=N\NC(=O)C(=O)NC[C@@H]2CCCO2)cc(I)c1O. The summed E-state index contributed by atoms with van der Waals surface area (Å²) in [6.07, 6.45) is 3.18. The van der Waals surface area contributed by atoms with Crippen LogP contribution in [0, 0.1) is 3.57 Å². The Hall–Kier alpha value is -1.88. The fourth-order valence-electron chi connectivity index (χ4n) is 2.24. The average molecular weight is 461 g/mol. The van der Waals surface area contributed by atoms with Gasteiger partial charge in [-0.25, -0.2) is 5.43 Å². The summed E-state index contributed by atoms with van der Waals surface area (Å²) >= 11 is 1.97. The minimum atomic E-state index is -0.854. The molecule has 0 unspecified atom stereocenters. The van der Waals surface area contributed by atoms with Crippen LogP contribution in [0.4, 0.5) is 0 Å². The molecule has 1 saturated heterocycles. The third-order valence-corrected chi connectivity index (χ3v) is 4.27. The third-order valence-electron chi connectivity index (χ3n) is 3.45. The van der Waals surface area contributed by atoms with Crippen molar-refractivity contribution in [2.75, 3.05) is 19.8 Å². The highest BCUT2D eigenvalue weighted by atomic mass is 127. The van der Waals surface area contributed by atoms with Gasteiger partial charge in [0, 0.05) is 13.2 Å². The first kappa shape index (κ1) is 19.4. The highest BCUT2D eigenvalue weighted by Crippen LogP contribution is 2.32. The zero-order valence-electron chi connectivity index (χ0n) is 13.8. The number of ether oxygens (including phenoxy) is 2. The molecule has 8 nitrogen and oxygen atoms in total. The molecule has 0 spiro atoms. The lowest BCUT2D eigenvalue weighted by atomic mass is 10.2. The van der Waals surface area contributed by atoms with E-state index in [1.807, 2.05) is 29.5 Å². The molecule has 0 aliphatic carbocycles. The van der Waals surface area contributed by atoms with Gasteiger partial charge in [-0.3, -0.25) is 9.59 Å². The number of amides is 2. The normalized spacial score (nSPS) is 16.8. The molecule has 2 amide bonds. The molecule has 0 bridgehead atoms. The number of halogens is 1. The van der Waals surface area contributed by atoms with E-state index < -0.39 is 11.8 Å². The van der Waals surface area contributed by atoms with E-state index >= 15 is 0 Å². The van der Waals surface area contributed by atoms with Crippen LogP contribution >= 0.6 is 22.6 Å². The van der Waals surface area contributed by atoms with Crippen molar-refractivity contribution in [3.8, 4) is 11.5 Å². The lowest BCUT2D eigenvalue weighted by molar-refractivity contribution is -0.139. The van der Waals surface area contributed by atoms with E-state index in [2.05, 4.69) is 15.8 Å². The number of hydrogen-bond acceptors (Lipinski definition) is 6. The number of phenols is 1. The molecule has 0 saturated carbocycles. The Morgan fingerprint density at radius 2 is 2.28 bits per heavy atom. The molecule has 1 aliphatic rings. The highest BCUT2D eigenvalue weighted by molar-refractivity contribution is 14.1. The van der Waals surface area contributed by atoms with Gasteiger partial charge in [0.1, 0.15) is 0 Å². The maximum Gasteiger partial charge on any atom is 0.329 e. The highest BCUT2D eigenvalue weighted by Gasteiger charge is 2.19. The monoisotopic (exact) mass is 461 g/mol. The first-order valence-corrected chi connectivity index (χ1v) is 8.97. The van der Waals surface area contributed by atoms with Crippen molar-refractivity contribution in [2.24, 2.45) is 5.10 Å². The molecule has 25 heavy (non-hydrogen) atoms. The summed E-state index contributed by atoms with van der Waals surface area (Å²) in [6, 6.07) is 3.26. The summed E-state index contributed by atoms with van der Waals surface area (Å²) in [5, 5.41) is 16.1. The van der Waals surface area contributed by atoms with Crippen molar-refractivity contribution in [3.63, 3.8) is 0 Å². The molecule has 1 heterocycles. The molecule has 0 radical (unpaired) electrons. The molecule has 1 fully saturated rings. The number of hydrogen-bond donors (Lipinski definition) is 3. The number of aromatic hydroxyl groups is 1. The Kier molecular flexibility index (Phi) is 7.44. The predicted molar refractivity (Wildman–Crippen MR) is 99.7 cm³/mol. The van der Waals surface area contributed by atoms with E-state index in [4.69, 9.17) is 9.47 Å². The van der Waals surface area contributed by atoms with Gasteiger partial charge in [0.05, 0.1) is 22.5 Å². The number of nitrogens with one attached hydrogen (secondary N) is 2. The summed E-state index contributed by atoms with van der Waals surface area (Å²) in [7, 11) is 0. The maximum atomic E-state index is 11.7. The zero-order chi connectivity index (χ0) is 18.2. The van der Waals surface area contributed by atoms with Gasteiger partial charge < -0.3 is 19.9 Å². The predicted octanol–water partition coefficient (Wildman–Crippen LogP) is 1.14. The molecule has 1 aromatic carbocycles. The molecule has 2 rings (SSSR count). The molecule has 0 aromatic heterocycles. The van der Waals surface area contributed by atoms with Gasteiger partial charge in [-0.15, -0.1) is 0 Å². The summed E-state index contributed by atoms with van der Waals surface area (Å²) in [4.78, 5) is 23.4. The van der Waals surface area contributed by atoms with E-state index in [1.165, 1.54) is 6.21 Å². The van der Waals surface area contributed by atoms with E-state index in [-0.39, 0.29) is 11.9 Å². The lowest BCUT2D eigenvalue weighted by Gasteiger charge is -2.09. The Morgan fingerprint density at radius 3 is 2.96 bits per heavy atom. The first-order valence-electron chi connectivity index (χ1n) is 7.89. The van der Waals surface area contributed by atoms with Crippen LogP contribution in [0.2, 0.25) is 0 Å². The summed E-state index contributed by atoms with van der Waals surface area (Å²) in [5.74, 6) is -1.23. The average Bonchev–Trinajstić information content (AvgIpc) is 3.10.